The normalized spacial score (nSPS) is 18.2. The number of fused-ring (bicyclic) bond motifs is 1. The number of urea groups is 1. The second kappa shape index (κ2) is 6.61. The average molecular weight is 416 g/mol. The third kappa shape index (κ3) is 3.31. The van der Waals surface area contributed by atoms with Crippen LogP contribution >= 0.6 is 0 Å². The van der Waals surface area contributed by atoms with Crippen LogP contribution in [-0.4, -0.2) is 40.3 Å². The van der Waals surface area contributed by atoms with Gasteiger partial charge in [0, 0.05) is 36.4 Å². The van der Waals surface area contributed by atoms with Gasteiger partial charge in [0.1, 0.15) is 0 Å². The van der Waals surface area contributed by atoms with Crippen LogP contribution in [0.1, 0.15) is 18.4 Å². The lowest BCUT2D eigenvalue weighted by Crippen LogP contribution is -2.67. The van der Waals surface area contributed by atoms with Gasteiger partial charge in [-0.1, -0.05) is 6.07 Å². The Labute approximate surface area is 169 Å². The predicted octanol–water partition coefficient (Wildman–Crippen LogP) is 3.77. The molecule has 1 saturated heterocycles. The zero-order valence-electron chi connectivity index (χ0n) is 15.8. The van der Waals surface area contributed by atoms with Gasteiger partial charge < -0.3 is 15.5 Å². The van der Waals surface area contributed by atoms with E-state index in [4.69, 9.17) is 0 Å². The molecule has 0 bridgehead atoms. The number of carbonyl (C=O) groups is 1. The number of rotatable bonds is 3. The number of halogens is 3. The number of anilines is 2. The lowest BCUT2D eigenvalue weighted by Gasteiger charge is -2.60. The number of hydrogen-bond donors (Lipinski definition) is 3. The second-order valence-corrected chi connectivity index (χ2v) is 8.10. The molecule has 1 aliphatic carbocycles. The van der Waals surface area contributed by atoms with E-state index in [2.05, 4.69) is 30.7 Å². The maximum atomic E-state index is 12.8. The molecule has 0 unspecified atom stereocenters. The van der Waals surface area contributed by atoms with E-state index in [1.165, 1.54) is 12.1 Å². The molecule has 156 valence electrons. The van der Waals surface area contributed by atoms with Crippen molar-refractivity contribution in [2.24, 2.45) is 5.41 Å². The zero-order chi connectivity index (χ0) is 20.9. The topological polar surface area (TPSA) is 85.9 Å². The number of benzene rings is 1. The lowest BCUT2D eigenvalue weighted by atomic mass is 9.60. The van der Waals surface area contributed by atoms with Crippen LogP contribution in [-0.2, 0) is 6.18 Å². The van der Waals surface area contributed by atoms with Crippen LogP contribution < -0.4 is 15.5 Å². The fourth-order valence-electron chi connectivity index (χ4n) is 4.52. The fraction of sp³-hybridized carbons (Fsp3) is 0.350. The van der Waals surface area contributed by atoms with Crippen molar-refractivity contribution in [3.05, 3.63) is 48.3 Å². The molecule has 7 nitrogen and oxygen atoms in total. The Balaban J connectivity index is 1.13. The fourth-order valence-corrected chi connectivity index (χ4v) is 4.52. The van der Waals surface area contributed by atoms with E-state index in [0.29, 0.717) is 0 Å². The van der Waals surface area contributed by atoms with E-state index in [0.717, 1.165) is 54.8 Å². The van der Waals surface area contributed by atoms with Crippen LogP contribution in [0.5, 0.6) is 0 Å². The first-order valence-corrected chi connectivity index (χ1v) is 9.59. The first-order chi connectivity index (χ1) is 14.3. The number of H-pyrrole nitrogens is 1. The van der Waals surface area contributed by atoms with Gasteiger partial charge in [-0.15, -0.1) is 0 Å². The van der Waals surface area contributed by atoms with Gasteiger partial charge in [-0.3, -0.25) is 5.10 Å². The number of nitrogens with one attached hydrogen (secondary N) is 3. The van der Waals surface area contributed by atoms with E-state index < -0.39 is 17.8 Å². The standard InChI is InChI=1S/C20H19F3N6O/c21-20(22,23)12-2-1-3-13(6-12)26-18(30)27-14-7-19(8-14)10-29(11-19)16-4-5-24-17-15(16)9-25-28-17/h1-6,9,14H,7-8,10-11H2,(H,24,25,28)(H2,26,27,30). The monoisotopic (exact) mass is 416 g/mol. The first kappa shape index (κ1) is 18.7. The minimum Gasteiger partial charge on any atom is -0.370 e. The highest BCUT2D eigenvalue weighted by Crippen LogP contribution is 2.50. The lowest BCUT2D eigenvalue weighted by molar-refractivity contribution is -0.137. The van der Waals surface area contributed by atoms with E-state index in [1.807, 2.05) is 6.07 Å². The van der Waals surface area contributed by atoms with Gasteiger partial charge in [0.15, 0.2) is 5.65 Å². The molecule has 3 aromatic rings. The summed E-state index contributed by atoms with van der Waals surface area (Å²) in [7, 11) is 0. The van der Waals surface area contributed by atoms with Gasteiger partial charge in [0.2, 0.25) is 0 Å². The molecule has 1 aromatic carbocycles. The molecule has 1 spiro atoms. The van der Waals surface area contributed by atoms with Gasteiger partial charge in [-0.05, 0) is 37.1 Å². The maximum absolute atomic E-state index is 12.8. The Morgan fingerprint density at radius 2 is 2.03 bits per heavy atom. The number of alkyl halides is 3. The number of pyridine rings is 1. The van der Waals surface area contributed by atoms with Gasteiger partial charge >= 0.3 is 12.2 Å². The van der Waals surface area contributed by atoms with Crippen molar-refractivity contribution in [1.82, 2.24) is 20.5 Å². The van der Waals surface area contributed by atoms with Crippen LogP contribution in [0, 0.1) is 5.41 Å². The molecule has 1 saturated carbocycles. The molecule has 2 amide bonds. The predicted molar refractivity (Wildman–Crippen MR) is 105 cm³/mol. The molecule has 2 fully saturated rings. The molecule has 3 N–H and O–H groups in total. The number of amides is 2. The summed E-state index contributed by atoms with van der Waals surface area (Å²) in [6, 6.07) is 6.12. The minimum atomic E-state index is -4.44. The molecule has 1 aliphatic heterocycles. The van der Waals surface area contributed by atoms with Crippen molar-refractivity contribution in [3.8, 4) is 0 Å². The van der Waals surface area contributed by atoms with Crippen LogP contribution in [0.25, 0.3) is 11.0 Å². The highest BCUT2D eigenvalue weighted by Gasteiger charge is 2.53. The summed E-state index contributed by atoms with van der Waals surface area (Å²) in [5.41, 5.74) is 1.35. The van der Waals surface area contributed by atoms with Gasteiger partial charge in [0.05, 0.1) is 22.8 Å². The minimum absolute atomic E-state index is 0.0179. The Bertz CT molecular complexity index is 1100. The third-order valence-corrected chi connectivity index (χ3v) is 5.87. The molecule has 10 heteroatoms. The Kier molecular flexibility index (Phi) is 4.12. The molecule has 0 radical (unpaired) electrons. The zero-order valence-corrected chi connectivity index (χ0v) is 15.8. The quantitative estimate of drug-likeness (QED) is 0.607. The highest BCUT2D eigenvalue weighted by molar-refractivity contribution is 5.90. The van der Waals surface area contributed by atoms with Crippen LogP contribution in [0.2, 0.25) is 0 Å². The molecule has 0 atom stereocenters. The molecular weight excluding hydrogens is 397 g/mol. The number of hydrogen-bond acceptors (Lipinski definition) is 4. The van der Waals surface area contributed by atoms with Crippen molar-refractivity contribution in [3.63, 3.8) is 0 Å². The van der Waals surface area contributed by atoms with Gasteiger partial charge in [0.25, 0.3) is 0 Å². The summed E-state index contributed by atoms with van der Waals surface area (Å²) in [6.07, 6.45) is 0.774. The molecular formula is C20H19F3N6O. The highest BCUT2D eigenvalue weighted by atomic mass is 19.4. The van der Waals surface area contributed by atoms with Crippen molar-refractivity contribution in [2.75, 3.05) is 23.3 Å². The van der Waals surface area contributed by atoms with Crippen LogP contribution in [0.4, 0.5) is 29.3 Å². The van der Waals surface area contributed by atoms with Crippen molar-refractivity contribution in [1.29, 1.82) is 0 Å². The smallest absolute Gasteiger partial charge is 0.370 e. The molecule has 3 heterocycles. The van der Waals surface area contributed by atoms with E-state index in [1.54, 1.807) is 12.4 Å². The summed E-state index contributed by atoms with van der Waals surface area (Å²) in [6.45, 7) is 1.79. The first-order valence-electron chi connectivity index (χ1n) is 9.59. The van der Waals surface area contributed by atoms with Crippen molar-refractivity contribution < 1.29 is 18.0 Å². The summed E-state index contributed by atoms with van der Waals surface area (Å²) < 4.78 is 38.4. The number of carbonyl (C=O) groups excluding carboxylic acids is 1. The summed E-state index contributed by atoms with van der Waals surface area (Å²) in [4.78, 5) is 18.7. The average Bonchev–Trinajstić information content (AvgIpc) is 3.11. The van der Waals surface area contributed by atoms with E-state index in [-0.39, 0.29) is 17.1 Å². The second-order valence-electron chi connectivity index (χ2n) is 8.10. The molecule has 2 aromatic heterocycles. The largest absolute Gasteiger partial charge is 0.416 e. The Morgan fingerprint density at radius 3 is 2.80 bits per heavy atom. The van der Waals surface area contributed by atoms with Gasteiger partial charge in [-0.25, -0.2) is 9.78 Å². The van der Waals surface area contributed by atoms with Crippen molar-refractivity contribution >= 4 is 28.4 Å². The molecule has 30 heavy (non-hydrogen) atoms. The number of aromatic nitrogens is 3. The maximum Gasteiger partial charge on any atom is 0.416 e. The van der Waals surface area contributed by atoms with Crippen LogP contribution in [0.3, 0.4) is 0 Å². The number of nitrogens with zero attached hydrogens (tertiary/aromatic N) is 3. The van der Waals surface area contributed by atoms with E-state index >= 15 is 0 Å². The SMILES string of the molecule is O=C(Nc1cccc(C(F)(F)F)c1)NC1CC2(C1)CN(c1ccnc3[nH]ncc13)C2. The summed E-state index contributed by atoms with van der Waals surface area (Å²) in [5.74, 6) is 0. The Morgan fingerprint density at radius 1 is 1.23 bits per heavy atom. The van der Waals surface area contributed by atoms with Crippen LogP contribution in [0.15, 0.2) is 42.7 Å². The molecule has 5 rings (SSSR count). The van der Waals surface area contributed by atoms with E-state index in [9.17, 15) is 18.0 Å². The summed E-state index contributed by atoms with van der Waals surface area (Å²) in [5, 5.41) is 13.2. The van der Waals surface area contributed by atoms with Gasteiger partial charge in [-0.2, -0.15) is 18.3 Å². The summed E-state index contributed by atoms with van der Waals surface area (Å²) >= 11 is 0. The third-order valence-electron chi connectivity index (χ3n) is 5.87. The Hall–Kier alpha value is -3.30. The number of aromatic amines is 1. The van der Waals surface area contributed by atoms with Crippen molar-refractivity contribution in [2.45, 2.75) is 25.1 Å². The molecule has 2 aliphatic rings.